The summed E-state index contributed by atoms with van der Waals surface area (Å²) >= 11 is 0. The molecule has 4 aromatic rings. The van der Waals surface area contributed by atoms with E-state index < -0.39 is 0 Å². The normalized spacial score (nSPS) is 22.5. The Bertz CT molecular complexity index is 1210. The van der Waals surface area contributed by atoms with Crippen molar-refractivity contribution in [3.8, 4) is 17.2 Å². The summed E-state index contributed by atoms with van der Waals surface area (Å²) in [6.45, 7) is 4.19. The largest absolute Gasteiger partial charge is 0.492 e. The molecule has 2 aliphatic heterocycles. The highest BCUT2D eigenvalue weighted by molar-refractivity contribution is 5.63. The number of imidazole rings is 1. The van der Waals surface area contributed by atoms with Crippen LogP contribution in [0.25, 0.3) is 17.1 Å². The number of nitrogens with one attached hydrogen (secondary N) is 2. The van der Waals surface area contributed by atoms with Gasteiger partial charge in [0.2, 0.25) is 5.89 Å². The monoisotopic (exact) mass is 436 g/mol. The van der Waals surface area contributed by atoms with Crippen LogP contribution in [0.3, 0.4) is 0 Å². The van der Waals surface area contributed by atoms with Crippen LogP contribution in [0.15, 0.2) is 41.5 Å². The number of epoxide rings is 1. The smallest absolute Gasteiger partial charge is 0.229 e. The van der Waals surface area contributed by atoms with Crippen LogP contribution in [0, 0.1) is 5.92 Å². The molecule has 10 heteroatoms. The number of H-pyrrole nitrogens is 1. The molecule has 0 saturated carbocycles. The van der Waals surface area contributed by atoms with Crippen molar-refractivity contribution in [3.05, 3.63) is 48.5 Å². The van der Waals surface area contributed by atoms with E-state index in [4.69, 9.17) is 23.6 Å². The van der Waals surface area contributed by atoms with Gasteiger partial charge in [-0.05, 0) is 25.7 Å². The molecular formula is C22H24N6O4. The summed E-state index contributed by atoms with van der Waals surface area (Å²) in [5, 5.41) is 10.1. The number of fused-ring (bicyclic) bond motifs is 1. The van der Waals surface area contributed by atoms with Crippen molar-refractivity contribution in [1.29, 1.82) is 0 Å². The number of ether oxygens (including phenoxy) is 3. The van der Waals surface area contributed by atoms with Crippen LogP contribution in [0.5, 0.6) is 5.75 Å². The molecule has 2 saturated heterocycles. The van der Waals surface area contributed by atoms with E-state index in [1.807, 2.05) is 23.6 Å². The van der Waals surface area contributed by atoms with Crippen LogP contribution in [0.4, 0.5) is 5.69 Å². The zero-order valence-electron chi connectivity index (χ0n) is 17.7. The van der Waals surface area contributed by atoms with Crippen LogP contribution in [0.2, 0.25) is 0 Å². The molecule has 2 aliphatic rings. The molecule has 6 rings (SSSR count). The van der Waals surface area contributed by atoms with Gasteiger partial charge in [0.15, 0.2) is 6.23 Å². The quantitative estimate of drug-likeness (QED) is 0.405. The van der Waals surface area contributed by atoms with E-state index in [-0.39, 0.29) is 12.3 Å². The maximum Gasteiger partial charge on any atom is 0.229 e. The van der Waals surface area contributed by atoms with Gasteiger partial charge >= 0.3 is 0 Å². The van der Waals surface area contributed by atoms with Crippen molar-refractivity contribution in [2.75, 3.05) is 25.1 Å². The second-order valence-corrected chi connectivity index (χ2v) is 8.10. The molecule has 2 N–H and O–H groups in total. The fourth-order valence-corrected chi connectivity index (χ4v) is 4.11. The number of hydrogen-bond donors (Lipinski definition) is 2. The minimum absolute atomic E-state index is 0.190. The highest BCUT2D eigenvalue weighted by Gasteiger charge is 2.43. The number of aromatic nitrogens is 5. The first-order chi connectivity index (χ1) is 15.8. The second kappa shape index (κ2) is 7.95. The lowest BCUT2D eigenvalue weighted by molar-refractivity contribution is 0.185. The SMILES string of the molecule is CCOc1cc2nc(CC3CCOC3)cn2cc1NC1OC1c1coc(-c2cn[nH]c2)n1. The van der Waals surface area contributed by atoms with Crippen molar-refractivity contribution in [3.63, 3.8) is 0 Å². The molecule has 10 nitrogen and oxygen atoms in total. The Morgan fingerprint density at radius 1 is 1.31 bits per heavy atom. The second-order valence-electron chi connectivity index (χ2n) is 8.10. The zero-order chi connectivity index (χ0) is 21.5. The molecule has 0 aromatic carbocycles. The van der Waals surface area contributed by atoms with Gasteiger partial charge in [0.25, 0.3) is 0 Å². The molecule has 3 unspecified atom stereocenters. The van der Waals surface area contributed by atoms with E-state index >= 15 is 0 Å². The molecule has 0 bridgehead atoms. The predicted octanol–water partition coefficient (Wildman–Crippen LogP) is 3.20. The van der Waals surface area contributed by atoms with Gasteiger partial charge in [0.1, 0.15) is 29.5 Å². The first-order valence-corrected chi connectivity index (χ1v) is 10.9. The Labute approximate surface area is 183 Å². The van der Waals surface area contributed by atoms with Crippen molar-refractivity contribution in [2.45, 2.75) is 32.1 Å². The molecule has 6 heterocycles. The fourth-order valence-electron chi connectivity index (χ4n) is 4.11. The Kier molecular flexibility index (Phi) is 4.80. The van der Waals surface area contributed by atoms with Gasteiger partial charge in [-0.3, -0.25) is 5.10 Å². The van der Waals surface area contributed by atoms with E-state index in [0.29, 0.717) is 18.4 Å². The molecular weight excluding hydrogens is 412 g/mol. The Morgan fingerprint density at radius 2 is 2.28 bits per heavy atom. The minimum atomic E-state index is -0.215. The summed E-state index contributed by atoms with van der Waals surface area (Å²) < 4.78 is 24.8. The molecule has 166 valence electrons. The van der Waals surface area contributed by atoms with Crippen LogP contribution in [0.1, 0.15) is 30.8 Å². The predicted molar refractivity (Wildman–Crippen MR) is 114 cm³/mol. The van der Waals surface area contributed by atoms with Gasteiger partial charge in [0, 0.05) is 37.9 Å². The molecule has 32 heavy (non-hydrogen) atoms. The van der Waals surface area contributed by atoms with E-state index in [2.05, 4.69) is 26.7 Å². The zero-order valence-corrected chi connectivity index (χ0v) is 17.7. The highest BCUT2D eigenvalue weighted by atomic mass is 16.6. The van der Waals surface area contributed by atoms with Crippen LogP contribution < -0.4 is 10.1 Å². The lowest BCUT2D eigenvalue weighted by atomic mass is 10.0. The number of aromatic amines is 1. The molecule has 4 aromatic heterocycles. The van der Waals surface area contributed by atoms with Crippen molar-refractivity contribution in [2.24, 2.45) is 5.92 Å². The number of hydrogen-bond acceptors (Lipinski definition) is 8. The van der Waals surface area contributed by atoms with Gasteiger partial charge in [-0.1, -0.05) is 0 Å². The maximum atomic E-state index is 5.87. The summed E-state index contributed by atoms with van der Waals surface area (Å²) in [5.74, 6) is 1.80. The molecule has 2 fully saturated rings. The fraction of sp³-hybridized carbons (Fsp3) is 0.409. The van der Waals surface area contributed by atoms with Crippen molar-refractivity contribution >= 4 is 11.3 Å². The van der Waals surface area contributed by atoms with Gasteiger partial charge in [-0.2, -0.15) is 5.10 Å². The van der Waals surface area contributed by atoms with Crippen molar-refractivity contribution in [1.82, 2.24) is 24.6 Å². The third kappa shape index (κ3) is 3.71. The Balaban J connectivity index is 1.20. The summed E-state index contributed by atoms with van der Waals surface area (Å²) in [6.07, 6.45) is 10.7. The molecule has 0 radical (unpaired) electrons. The summed E-state index contributed by atoms with van der Waals surface area (Å²) in [4.78, 5) is 9.30. The number of oxazole rings is 1. The van der Waals surface area contributed by atoms with E-state index in [1.165, 1.54) is 0 Å². The third-order valence-corrected chi connectivity index (χ3v) is 5.77. The first kappa shape index (κ1) is 19.3. The highest BCUT2D eigenvalue weighted by Crippen LogP contribution is 2.41. The van der Waals surface area contributed by atoms with Crippen LogP contribution >= 0.6 is 0 Å². The van der Waals surface area contributed by atoms with Gasteiger partial charge in [-0.15, -0.1) is 0 Å². The van der Waals surface area contributed by atoms with Gasteiger partial charge in [0.05, 0.1) is 29.7 Å². The third-order valence-electron chi connectivity index (χ3n) is 5.77. The number of anilines is 1. The maximum absolute atomic E-state index is 5.87. The number of nitrogens with zero attached hydrogens (tertiary/aromatic N) is 4. The first-order valence-electron chi connectivity index (χ1n) is 10.9. The van der Waals surface area contributed by atoms with E-state index in [1.54, 1.807) is 18.7 Å². The lowest BCUT2D eigenvalue weighted by Gasteiger charge is -2.11. The van der Waals surface area contributed by atoms with Crippen LogP contribution in [-0.4, -0.2) is 50.6 Å². The molecule has 3 atom stereocenters. The Morgan fingerprint density at radius 3 is 3.09 bits per heavy atom. The minimum Gasteiger partial charge on any atom is -0.492 e. The summed E-state index contributed by atoms with van der Waals surface area (Å²) in [6, 6.07) is 1.96. The van der Waals surface area contributed by atoms with Crippen LogP contribution in [-0.2, 0) is 15.9 Å². The lowest BCUT2D eigenvalue weighted by Crippen LogP contribution is -2.08. The topological polar surface area (TPSA) is 115 Å². The number of rotatable bonds is 8. The summed E-state index contributed by atoms with van der Waals surface area (Å²) in [7, 11) is 0. The average molecular weight is 436 g/mol. The van der Waals surface area contributed by atoms with E-state index in [0.717, 1.165) is 60.1 Å². The van der Waals surface area contributed by atoms with Gasteiger partial charge in [-0.25, -0.2) is 9.97 Å². The van der Waals surface area contributed by atoms with Gasteiger partial charge < -0.3 is 28.3 Å². The molecule has 0 amide bonds. The van der Waals surface area contributed by atoms with Crippen molar-refractivity contribution < 1.29 is 18.6 Å². The molecule has 0 aliphatic carbocycles. The number of pyridine rings is 1. The molecule has 0 spiro atoms. The Hall–Kier alpha value is -3.37. The summed E-state index contributed by atoms with van der Waals surface area (Å²) in [5.41, 5.74) is 4.31. The van der Waals surface area contributed by atoms with E-state index in [9.17, 15) is 0 Å². The average Bonchev–Trinajstić information content (AvgIpc) is 3.36. The standard InChI is InChI=1S/C22H24N6O4/c1-2-30-18-6-19-25-15(5-13-3-4-29-11-13)9-28(19)10-16(18)26-22-20(32-22)17-12-31-21(27-17)14-7-23-24-8-14/h6-10,12-13,20,22,26H,2-5,11H2,1H3,(H,23,24).